The molecule has 10 nitrogen and oxygen atoms in total. The fourth-order valence-electron chi connectivity index (χ4n) is 3.86. The van der Waals surface area contributed by atoms with Gasteiger partial charge >= 0.3 is 0 Å². The maximum atomic E-state index is 13.1. The molecule has 0 bridgehead atoms. The van der Waals surface area contributed by atoms with Gasteiger partial charge in [-0.1, -0.05) is 12.1 Å². The number of nitrogens with zero attached hydrogens (tertiary/aromatic N) is 6. The van der Waals surface area contributed by atoms with Crippen LogP contribution in [0.5, 0.6) is 0 Å². The Morgan fingerprint density at radius 3 is 2.60 bits per heavy atom. The third-order valence-corrected chi connectivity index (χ3v) is 5.76. The highest BCUT2D eigenvalue weighted by Crippen LogP contribution is 2.34. The fraction of sp³-hybridized carbons (Fsp3) is 0.350. The second-order valence-corrected chi connectivity index (χ2v) is 7.84. The minimum Gasteiger partial charge on any atom is -0.382 e. The van der Waals surface area contributed by atoms with Crippen molar-refractivity contribution in [3.05, 3.63) is 36.2 Å². The number of amides is 2. The van der Waals surface area contributed by atoms with Crippen LogP contribution in [0.4, 0.5) is 17.5 Å². The van der Waals surface area contributed by atoms with Crippen molar-refractivity contribution >= 4 is 40.4 Å². The molecule has 3 heterocycles. The fourth-order valence-corrected chi connectivity index (χ4v) is 3.86. The molecule has 2 amide bonds. The first-order chi connectivity index (χ1) is 14.4. The van der Waals surface area contributed by atoms with Crippen LogP contribution in [0.1, 0.15) is 29.2 Å². The Morgan fingerprint density at radius 1 is 1.13 bits per heavy atom. The minimum atomic E-state index is -0.102. The van der Waals surface area contributed by atoms with Gasteiger partial charge in [-0.2, -0.15) is 9.97 Å². The highest BCUT2D eigenvalue weighted by atomic mass is 16.2. The van der Waals surface area contributed by atoms with Crippen LogP contribution >= 0.6 is 0 Å². The van der Waals surface area contributed by atoms with Crippen molar-refractivity contribution in [2.75, 3.05) is 36.5 Å². The summed E-state index contributed by atoms with van der Waals surface area (Å²) in [4.78, 5) is 41.4. The molecule has 4 N–H and O–H groups in total. The molecule has 0 unspecified atom stereocenters. The summed E-state index contributed by atoms with van der Waals surface area (Å²) in [6.07, 6.45) is 3.49. The molecule has 2 aromatic heterocycles. The van der Waals surface area contributed by atoms with E-state index in [1.54, 1.807) is 29.2 Å². The monoisotopic (exact) mass is 406 g/mol. The average molecular weight is 406 g/mol. The van der Waals surface area contributed by atoms with E-state index in [2.05, 4.69) is 15.0 Å². The van der Waals surface area contributed by atoms with E-state index in [4.69, 9.17) is 11.5 Å². The van der Waals surface area contributed by atoms with E-state index in [1.165, 1.54) is 0 Å². The lowest BCUT2D eigenvalue weighted by Gasteiger charge is -2.40. The van der Waals surface area contributed by atoms with Gasteiger partial charge < -0.3 is 25.8 Å². The second-order valence-electron chi connectivity index (χ2n) is 7.84. The van der Waals surface area contributed by atoms with E-state index in [-0.39, 0.29) is 35.5 Å². The Morgan fingerprint density at radius 2 is 1.87 bits per heavy atom. The zero-order valence-electron chi connectivity index (χ0n) is 16.5. The number of imidazole rings is 1. The summed E-state index contributed by atoms with van der Waals surface area (Å²) < 4.78 is 1.88. The number of aromatic nitrogens is 4. The van der Waals surface area contributed by atoms with Crippen LogP contribution in [0.15, 0.2) is 30.6 Å². The Balaban J connectivity index is 1.35. The summed E-state index contributed by atoms with van der Waals surface area (Å²) in [5.74, 6) is 0.377. The molecule has 1 saturated heterocycles. The van der Waals surface area contributed by atoms with Crippen molar-refractivity contribution in [3.8, 4) is 0 Å². The zero-order chi connectivity index (χ0) is 21.0. The first kappa shape index (κ1) is 18.3. The first-order valence-electron chi connectivity index (χ1n) is 9.85. The van der Waals surface area contributed by atoms with Crippen LogP contribution in [0.3, 0.4) is 0 Å². The van der Waals surface area contributed by atoms with Crippen molar-refractivity contribution in [2.24, 2.45) is 5.92 Å². The number of hydrogen-bond donors (Lipinski definition) is 2. The topological polar surface area (TPSA) is 136 Å². The van der Waals surface area contributed by atoms with Crippen LogP contribution in [0, 0.1) is 5.92 Å². The number of likely N-dealkylation sites (tertiary alicyclic amines) is 1. The molecule has 3 aromatic rings. The Bertz CT molecular complexity index is 1160. The van der Waals surface area contributed by atoms with Gasteiger partial charge in [-0.3, -0.25) is 9.59 Å². The number of nitrogen functional groups attached to an aromatic ring is 2. The lowest BCUT2D eigenvalue weighted by atomic mass is 10.0. The standard InChI is InChI=1S/C20H22N8O2/c1-26(18(29)11-6-7-11)14-5-3-2-4-13(14)19(30)27-8-12(9-27)28-10-23-15-16(21)24-20(22)25-17(15)28/h2-5,10-12H,6-9H2,1H3,(H4,21,22,24,25). The normalized spacial score (nSPS) is 16.5. The van der Waals surface area contributed by atoms with Crippen molar-refractivity contribution in [3.63, 3.8) is 0 Å². The minimum absolute atomic E-state index is 0.0191. The molecule has 2 aliphatic rings. The summed E-state index contributed by atoms with van der Waals surface area (Å²) >= 11 is 0. The van der Waals surface area contributed by atoms with E-state index in [0.29, 0.717) is 35.5 Å². The van der Waals surface area contributed by atoms with Gasteiger partial charge in [0.2, 0.25) is 11.9 Å². The van der Waals surface area contributed by atoms with Gasteiger partial charge in [0.15, 0.2) is 11.5 Å². The van der Waals surface area contributed by atoms with Gasteiger partial charge in [0.05, 0.1) is 23.6 Å². The van der Waals surface area contributed by atoms with E-state index in [1.807, 2.05) is 22.8 Å². The number of rotatable bonds is 4. The third-order valence-electron chi connectivity index (χ3n) is 5.76. The number of carbonyl (C=O) groups excluding carboxylic acids is 2. The van der Waals surface area contributed by atoms with Crippen LogP contribution in [-0.2, 0) is 4.79 Å². The van der Waals surface area contributed by atoms with Crippen molar-refractivity contribution < 1.29 is 9.59 Å². The molecule has 1 aromatic carbocycles. The molecule has 0 atom stereocenters. The van der Waals surface area contributed by atoms with Crippen LogP contribution in [0.2, 0.25) is 0 Å². The molecule has 1 saturated carbocycles. The zero-order valence-corrected chi connectivity index (χ0v) is 16.5. The molecule has 1 aliphatic heterocycles. The smallest absolute Gasteiger partial charge is 0.256 e. The molecule has 1 aliphatic carbocycles. The van der Waals surface area contributed by atoms with E-state index in [0.717, 1.165) is 12.8 Å². The predicted octanol–water partition coefficient (Wildman–Crippen LogP) is 1.06. The van der Waals surface area contributed by atoms with Gasteiger partial charge in [-0.05, 0) is 25.0 Å². The van der Waals surface area contributed by atoms with Crippen LogP contribution in [-0.4, -0.2) is 56.4 Å². The van der Waals surface area contributed by atoms with Gasteiger partial charge in [0, 0.05) is 26.1 Å². The summed E-state index contributed by atoms with van der Waals surface area (Å²) in [5, 5.41) is 0. The third kappa shape index (κ3) is 2.92. The molecule has 2 fully saturated rings. The van der Waals surface area contributed by atoms with Crippen LogP contribution in [0.25, 0.3) is 11.2 Å². The number of benzene rings is 1. The number of fused-ring (bicyclic) bond motifs is 1. The van der Waals surface area contributed by atoms with Gasteiger partial charge in [-0.15, -0.1) is 0 Å². The number of nitrogens with two attached hydrogens (primary N) is 2. The number of carbonyl (C=O) groups is 2. The van der Waals surface area contributed by atoms with Crippen molar-refractivity contribution in [2.45, 2.75) is 18.9 Å². The summed E-state index contributed by atoms with van der Waals surface area (Å²) in [6.45, 7) is 1.01. The molecule has 10 heteroatoms. The molecule has 154 valence electrons. The highest BCUT2D eigenvalue weighted by Gasteiger charge is 2.37. The lowest BCUT2D eigenvalue weighted by Crippen LogP contribution is -2.51. The van der Waals surface area contributed by atoms with E-state index >= 15 is 0 Å². The molecular weight excluding hydrogens is 384 g/mol. The largest absolute Gasteiger partial charge is 0.382 e. The number of para-hydroxylation sites is 1. The Labute approximate surface area is 172 Å². The Hall–Kier alpha value is -3.69. The molecule has 30 heavy (non-hydrogen) atoms. The SMILES string of the molecule is CN(C(=O)C1CC1)c1ccccc1C(=O)N1CC(n2cnc3c(N)nc(N)nc32)C1. The van der Waals surface area contributed by atoms with Crippen molar-refractivity contribution in [1.29, 1.82) is 0 Å². The maximum Gasteiger partial charge on any atom is 0.256 e. The van der Waals surface area contributed by atoms with Gasteiger partial charge in [0.25, 0.3) is 5.91 Å². The molecule has 5 rings (SSSR count). The summed E-state index contributed by atoms with van der Waals surface area (Å²) in [7, 11) is 1.73. The van der Waals surface area contributed by atoms with Crippen LogP contribution < -0.4 is 16.4 Å². The molecule has 0 spiro atoms. The number of anilines is 3. The average Bonchev–Trinajstić information content (AvgIpc) is 3.47. The van der Waals surface area contributed by atoms with E-state index < -0.39 is 0 Å². The van der Waals surface area contributed by atoms with E-state index in [9.17, 15) is 9.59 Å². The highest BCUT2D eigenvalue weighted by molar-refractivity contribution is 6.05. The van der Waals surface area contributed by atoms with Crippen molar-refractivity contribution in [1.82, 2.24) is 24.4 Å². The quantitative estimate of drug-likeness (QED) is 0.661. The first-order valence-corrected chi connectivity index (χ1v) is 9.85. The van der Waals surface area contributed by atoms with Gasteiger partial charge in [-0.25, -0.2) is 4.98 Å². The van der Waals surface area contributed by atoms with Gasteiger partial charge in [0.1, 0.15) is 5.52 Å². The predicted molar refractivity (Wildman–Crippen MR) is 112 cm³/mol. The molecule has 0 radical (unpaired) electrons. The maximum absolute atomic E-state index is 13.1. The summed E-state index contributed by atoms with van der Waals surface area (Å²) in [6, 6.07) is 7.26. The summed E-state index contributed by atoms with van der Waals surface area (Å²) in [5.41, 5.74) is 13.8. The number of hydrogen-bond acceptors (Lipinski definition) is 7. The lowest BCUT2D eigenvalue weighted by molar-refractivity contribution is -0.119. The molecular formula is C20H22N8O2. The Kier molecular flexibility index (Phi) is 4.09. The second kappa shape index (κ2) is 6.68.